The minimum atomic E-state index is 0.379. The number of aromatic nitrogens is 5. The van der Waals surface area contributed by atoms with Crippen molar-refractivity contribution in [1.29, 1.82) is 0 Å². The van der Waals surface area contributed by atoms with Crippen molar-refractivity contribution >= 4 is 34.1 Å². The summed E-state index contributed by atoms with van der Waals surface area (Å²) in [5, 5.41) is 8.77. The summed E-state index contributed by atoms with van der Waals surface area (Å²) in [5.41, 5.74) is 5.43. The second-order valence-electron chi connectivity index (χ2n) is 7.60. The van der Waals surface area contributed by atoms with E-state index in [0.29, 0.717) is 5.92 Å². The molecule has 142 valence electrons. The summed E-state index contributed by atoms with van der Waals surface area (Å²) in [7, 11) is 0. The summed E-state index contributed by atoms with van der Waals surface area (Å²) in [6, 6.07) is 7.78. The molecule has 6 rings (SSSR count). The number of fused-ring (bicyclic) bond motifs is 3. The van der Waals surface area contributed by atoms with Gasteiger partial charge in [0, 0.05) is 42.7 Å². The molecule has 0 saturated carbocycles. The Bertz CT molecular complexity index is 1190. The van der Waals surface area contributed by atoms with Gasteiger partial charge in [0.25, 0.3) is 0 Å². The van der Waals surface area contributed by atoms with E-state index in [9.17, 15) is 0 Å². The number of anilines is 1. The van der Waals surface area contributed by atoms with Crippen LogP contribution in [-0.2, 0) is 12.8 Å². The number of hydrogen-bond acceptors (Lipinski definition) is 5. The predicted octanol–water partition coefficient (Wildman–Crippen LogP) is 2.55. The number of hydrogen-bond donors (Lipinski definition) is 2. The standard InChI is InChI=1S/C20H20ClN7/c21-13-1-2-16-17(9-13)26-19(25-16)12-10-27(11-12)20-14-3-6-22-7-4-15(14)24-18-5-8-23-28(18)20/h1-2,5,8-9,12,22H,3-4,6-7,10-11H2,(H,25,26). The predicted molar refractivity (Wildman–Crippen MR) is 109 cm³/mol. The topological polar surface area (TPSA) is 74.1 Å². The lowest BCUT2D eigenvalue weighted by atomic mass is 9.97. The number of nitrogens with one attached hydrogen (secondary N) is 2. The van der Waals surface area contributed by atoms with Gasteiger partial charge in [-0.15, -0.1) is 0 Å². The molecular weight excluding hydrogens is 374 g/mol. The molecule has 0 atom stereocenters. The van der Waals surface area contributed by atoms with Crippen molar-refractivity contribution in [3.8, 4) is 0 Å². The molecule has 0 amide bonds. The molecule has 0 aliphatic carbocycles. The highest BCUT2D eigenvalue weighted by molar-refractivity contribution is 6.31. The van der Waals surface area contributed by atoms with Crippen LogP contribution in [0.5, 0.6) is 0 Å². The Morgan fingerprint density at radius 3 is 2.89 bits per heavy atom. The molecule has 2 aliphatic rings. The van der Waals surface area contributed by atoms with Gasteiger partial charge in [-0.05, 0) is 31.2 Å². The molecule has 0 spiro atoms. The van der Waals surface area contributed by atoms with Crippen molar-refractivity contribution < 1.29 is 0 Å². The smallest absolute Gasteiger partial charge is 0.157 e. The minimum Gasteiger partial charge on any atom is -0.355 e. The largest absolute Gasteiger partial charge is 0.355 e. The molecule has 0 bridgehead atoms. The maximum Gasteiger partial charge on any atom is 0.157 e. The van der Waals surface area contributed by atoms with E-state index in [1.165, 1.54) is 17.1 Å². The van der Waals surface area contributed by atoms with Crippen molar-refractivity contribution in [2.24, 2.45) is 0 Å². The van der Waals surface area contributed by atoms with Crippen LogP contribution >= 0.6 is 11.6 Å². The number of nitrogens with zero attached hydrogens (tertiary/aromatic N) is 5. The first kappa shape index (κ1) is 16.3. The Kier molecular flexibility index (Phi) is 3.61. The molecule has 1 fully saturated rings. The van der Waals surface area contributed by atoms with E-state index < -0.39 is 0 Å². The van der Waals surface area contributed by atoms with Crippen molar-refractivity contribution in [2.75, 3.05) is 31.1 Å². The number of benzene rings is 1. The number of halogens is 1. The quantitative estimate of drug-likeness (QED) is 0.547. The van der Waals surface area contributed by atoms with Gasteiger partial charge in [-0.3, -0.25) is 0 Å². The average Bonchev–Trinajstić information content (AvgIpc) is 3.20. The second kappa shape index (κ2) is 6.18. The van der Waals surface area contributed by atoms with Crippen LogP contribution in [0, 0.1) is 0 Å². The van der Waals surface area contributed by atoms with E-state index in [1.54, 1.807) is 0 Å². The molecule has 0 unspecified atom stereocenters. The number of imidazole rings is 1. The highest BCUT2D eigenvalue weighted by Crippen LogP contribution is 2.35. The maximum atomic E-state index is 6.11. The Hall–Kier alpha value is -2.64. The highest BCUT2D eigenvalue weighted by atomic mass is 35.5. The first-order valence-corrected chi connectivity index (χ1v) is 10.1. The van der Waals surface area contributed by atoms with Gasteiger partial charge in [-0.1, -0.05) is 11.6 Å². The molecule has 2 aliphatic heterocycles. The van der Waals surface area contributed by atoms with E-state index in [-0.39, 0.29) is 0 Å². The highest BCUT2D eigenvalue weighted by Gasteiger charge is 2.34. The van der Waals surface area contributed by atoms with E-state index in [4.69, 9.17) is 21.6 Å². The number of H-pyrrole nitrogens is 1. The number of aromatic amines is 1. The van der Waals surface area contributed by atoms with Crippen LogP contribution in [0.1, 0.15) is 23.0 Å². The van der Waals surface area contributed by atoms with Gasteiger partial charge >= 0.3 is 0 Å². The van der Waals surface area contributed by atoms with Crippen molar-refractivity contribution in [1.82, 2.24) is 29.9 Å². The fourth-order valence-electron chi connectivity index (χ4n) is 4.36. The van der Waals surface area contributed by atoms with Gasteiger partial charge in [0.2, 0.25) is 0 Å². The lowest BCUT2D eigenvalue weighted by Gasteiger charge is -2.41. The Balaban J connectivity index is 1.35. The zero-order valence-corrected chi connectivity index (χ0v) is 16.1. The third-order valence-corrected chi connectivity index (χ3v) is 6.05. The van der Waals surface area contributed by atoms with Crippen LogP contribution < -0.4 is 10.2 Å². The molecule has 3 aromatic heterocycles. The third-order valence-electron chi connectivity index (χ3n) is 5.81. The van der Waals surface area contributed by atoms with Crippen LogP contribution in [0.4, 0.5) is 5.82 Å². The van der Waals surface area contributed by atoms with E-state index in [2.05, 4.69) is 20.3 Å². The summed E-state index contributed by atoms with van der Waals surface area (Å²) in [4.78, 5) is 15.5. The van der Waals surface area contributed by atoms with Crippen molar-refractivity contribution in [3.05, 3.63) is 52.6 Å². The van der Waals surface area contributed by atoms with Crippen molar-refractivity contribution in [3.63, 3.8) is 0 Å². The van der Waals surface area contributed by atoms with Crippen LogP contribution in [0.15, 0.2) is 30.5 Å². The Labute approximate surface area is 166 Å². The third kappa shape index (κ3) is 2.50. The van der Waals surface area contributed by atoms with Gasteiger partial charge in [0.15, 0.2) is 5.65 Å². The summed E-state index contributed by atoms with van der Waals surface area (Å²) in [5.74, 6) is 2.61. The Morgan fingerprint density at radius 1 is 1.07 bits per heavy atom. The summed E-state index contributed by atoms with van der Waals surface area (Å²) < 4.78 is 2.00. The summed E-state index contributed by atoms with van der Waals surface area (Å²) in [6.45, 7) is 3.81. The molecule has 1 aromatic carbocycles. The summed E-state index contributed by atoms with van der Waals surface area (Å²) in [6.07, 6.45) is 3.78. The van der Waals surface area contributed by atoms with Crippen LogP contribution in [0.25, 0.3) is 16.7 Å². The molecule has 0 radical (unpaired) electrons. The lowest BCUT2D eigenvalue weighted by molar-refractivity contribution is 0.494. The fraction of sp³-hybridized carbons (Fsp3) is 0.350. The molecule has 28 heavy (non-hydrogen) atoms. The normalized spacial score (nSPS) is 17.7. The Morgan fingerprint density at radius 2 is 1.96 bits per heavy atom. The van der Waals surface area contributed by atoms with Gasteiger partial charge in [-0.2, -0.15) is 9.61 Å². The van der Waals surface area contributed by atoms with E-state index >= 15 is 0 Å². The zero-order valence-electron chi connectivity index (χ0n) is 15.3. The average molecular weight is 394 g/mol. The van der Waals surface area contributed by atoms with Crippen molar-refractivity contribution in [2.45, 2.75) is 18.8 Å². The maximum absolute atomic E-state index is 6.11. The van der Waals surface area contributed by atoms with Gasteiger partial charge < -0.3 is 15.2 Å². The van der Waals surface area contributed by atoms with Crippen LogP contribution in [0.3, 0.4) is 0 Å². The molecule has 5 heterocycles. The molecule has 8 heteroatoms. The van der Waals surface area contributed by atoms with Gasteiger partial charge in [-0.25, -0.2) is 9.97 Å². The van der Waals surface area contributed by atoms with Crippen LogP contribution in [-0.4, -0.2) is 50.7 Å². The van der Waals surface area contributed by atoms with Gasteiger partial charge in [0.1, 0.15) is 11.6 Å². The molecule has 2 N–H and O–H groups in total. The fourth-order valence-corrected chi connectivity index (χ4v) is 4.53. The van der Waals surface area contributed by atoms with E-state index in [0.717, 1.165) is 66.5 Å². The molecule has 7 nitrogen and oxygen atoms in total. The van der Waals surface area contributed by atoms with E-state index in [1.807, 2.05) is 35.0 Å². The monoisotopic (exact) mass is 393 g/mol. The lowest BCUT2D eigenvalue weighted by Crippen LogP contribution is -2.47. The first-order chi connectivity index (χ1) is 13.8. The first-order valence-electron chi connectivity index (χ1n) is 9.72. The molecule has 1 saturated heterocycles. The SMILES string of the molecule is Clc1ccc2nc(C3CN(c4c5c(nc6ccnn46)CCNCC5)C3)[nH]c2c1. The minimum absolute atomic E-state index is 0.379. The van der Waals surface area contributed by atoms with Gasteiger partial charge in [0.05, 0.1) is 28.8 Å². The second-order valence-corrected chi connectivity index (χ2v) is 8.03. The molecule has 4 aromatic rings. The summed E-state index contributed by atoms with van der Waals surface area (Å²) >= 11 is 6.11. The number of rotatable bonds is 2. The molecular formula is C20H20ClN7. The zero-order chi connectivity index (χ0) is 18.7. The van der Waals surface area contributed by atoms with Crippen LogP contribution in [0.2, 0.25) is 5.02 Å².